The van der Waals surface area contributed by atoms with E-state index in [0.29, 0.717) is 26.4 Å². The van der Waals surface area contributed by atoms with Crippen molar-refractivity contribution in [2.75, 3.05) is 46.1 Å². The van der Waals surface area contributed by atoms with E-state index in [-0.39, 0.29) is 6.61 Å². The fourth-order valence-electron chi connectivity index (χ4n) is 1.45. The predicted octanol–water partition coefficient (Wildman–Crippen LogP) is -0.237. The topological polar surface area (TPSA) is 71.0 Å². The number of aliphatic hydroxyl groups excluding tert-OH is 2. The minimum atomic E-state index is -0.424. The van der Waals surface area contributed by atoms with Crippen LogP contribution in [0.4, 0.5) is 0 Å². The van der Waals surface area contributed by atoms with Gasteiger partial charge in [0.2, 0.25) is 0 Å². The van der Waals surface area contributed by atoms with Crippen LogP contribution in [0.2, 0.25) is 0 Å². The predicted molar refractivity (Wildman–Crippen MR) is 64.9 cm³/mol. The smallest absolute Gasteiger partial charge is 0.0897 e. The zero-order chi connectivity index (χ0) is 12.3. The summed E-state index contributed by atoms with van der Waals surface area (Å²) in [5.74, 6) is 0.749. The first-order valence-electron chi connectivity index (χ1n) is 6.48. The van der Waals surface area contributed by atoms with Crippen molar-refractivity contribution in [2.24, 2.45) is 5.92 Å². The Bertz CT molecular complexity index is 176. The fourth-order valence-corrected chi connectivity index (χ4v) is 1.45. The molecule has 102 valence electrons. The van der Waals surface area contributed by atoms with Crippen LogP contribution in [-0.4, -0.2) is 62.4 Å². The summed E-state index contributed by atoms with van der Waals surface area (Å²) in [6, 6.07) is 0. The maximum atomic E-state index is 9.57. The summed E-state index contributed by atoms with van der Waals surface area (Å²) in [5, 5.41) is 21.2. The summed E-state index contributed by atoms with van der Waals surface area (Å²) < 4.78 is 10.5. The number of nitrogens with one attached hydrogen (secondary N) is 1. The maximum Gasteiger partial charge on any atom is 0.0897 e. The lowest BCUT2D eigenvalue weighted by atomic mass is 10.3. The molecule has 1 aliphatic carbocycles. The van der Waals surface area contributed by atoms with Crippen LogP contribution >= 0.6 is 0 Å². The quantitative estimate of drug-likeness (QED) is 0.415. The van der Waals surface area contributed by atoms with Gasteiger partial charge in [-0.15, -0.1) is 0 Å². The summed E-state index contributed by atoms with van der Waals surface area (Å²) in [6.45, 7) is 3.70. The number of ether oxygens (including phenoxy) is 2. The van der Waals surface area contributed by atoms with Gasteiger partial charge in [-0.2, -0.15) is 0 Å². The molecule has 0 bridgehead atoms. The summed E-state index contributed by atoms with van der Waals surface area (Å²) >= 11 is 0. The van der Waals surface area contributed by atoms with Gasteiger partial charge in [0.25, 0.3) is 0 Å². The van der Waals surface area contributed by atoms with Crippen molar-refractivity contribution in [1.29, 1.82) is 0 Å². The summed E-state index contributed by atoms with van der Waals surface area (Å²) in [4.78, 5) is 0. The number of hydrogen-bond acceptors (Lipinski definition) is 5. The first-order chi connectivity index (χ1) is 8.33. The van der Waals surface area contributed by atoms with E-state index in [2.05, 4.69) is 5.32 Å². The van der Waals surface area contributed by atoms with E-state index in [4.69, 9.17) is 14.6 Å². The Labute approximate surface area is 103 Å². The standard InChI is InChI=1S/C12H25NO4/c14-5-7-16-6-1-4-13-8-12(15)10-17-9-11-2-3-11/h11-15H,1-10H2. The van der Waals surface area contributed by atoms with Gasteiger partial charge < -0.3 is 25.0 Å². The molecule has 0 aromatic rings. The van der Waals surface area contributed by atoms with Gasteiger partial charge in [0.05, 0.1) is 25.9 Å². The Kier molecular flexibility index (Phi) is 8.56. The first-order valence-corrected chi connectivity index (χ1v) is 6.48. The molecule has 0 aromatic carbocycles. The van der Waals surface area contributed by atoms with E-state index in [1.165, 1.54) is 12.8 Å². The molecule has 0 aliphatic heterocycles. The molecule has 3 N–H and O–H groups in total. The van der Waals surface area contributed by atoms with E-state index >= 15 is 0 Å². The van der Waals surface area contributed by atoms with Gasteiger partial charge in [-0.3, -0.25) is 0 Å². The average molecular weight is 247 g/mol. The second-order valence-electron chi connectivity index (χ2n) is 4.53. The van der Waals surface area contributed by atoms with Crippen LogP contribution in [0.5, 0.6) is 0 Å². The van der Waals surface area contributed by atoms with E-state index in [1.807, 2.05) is 0 Å². The average Bonchev–Trinajstić information content (AvgIpc) is 3.12. The molecule has 5 heteroatoms. The fraction of sp³-hybridized carbons (Fsp3) is 1.00. The van der Waals surface area contributed by atoms with Gasteiger partial charge in [0.15, 0.2) is 0 Å². The molecule has 0 saturated heterocycles. The van der Waals surface area contributed by atoms with Gasteiger partial charge in [-0.05, 0) is 31.7 Å². The molecule has 0 radical (unpaired) electrons. The van der Waals surface area contributed by atoms with Crippen molar-refractivity contribution in [1.82, 2.24) is 5.32 Å². The summed E-state index contributed by atoms with van der Waals surface area (Å²) in [6.07, 6.45) is 3.02. The molecule has 1 unspecified atom stereocenters. The lowest BCUT2D eigenvalue weighted by molar-refractivity contribution is 0.0321. The lowest BCUT2D eigenvalue weighted by Gasteiger charge is -2.12. The molecular formula is C12H25NO4. The third-order valence-corrected chi connectivity index (χ3v) is 2.62. The minimum absolute atomic E-state index is 0.0739. The molecule has 5 nitrogen and oxygen atoms in total. The van der Waals surface area contributed by atoms with Gasteiger partial charge in [0, 0.05) is 19.8 Å². The number of aliphatic hydroxyl groups is 2. The molecular weight excluding hydrogens is 222 g/mol. The molecule has 1 saturated carbocycles. The van der Waals surface area contributed by atoms with Crippen LogP contribution in [0, 0.1) is 5.92 Å². The third kappa shape index (κ3) is 9.50. The minimum Gasteiger partial charge on any atom is -0.394 e. The van der Waals surface area contributed by atoms with Crippen LogP contribution in [0.25, 0.3) is 0 Å². The Morgan fingerprint density at radius 2 is 2.06 bits per heavy atom. The van der Waals surface area contributed by atoms with E-state index in [1.54, 1.807) is 0 Å². The monoisotopic (exact) mass is 247 g/mol. The Balaban J connectivity index is 1.74. The van der Waals surface area contributed by atoms with Crippen molar-refractivity contribution in [3.05, 3.63) is 0 Å². The van der Waals surface area contributed by atoms with Crippen LogP contribution in [0.3, 0.4) is 0 Å². The highest BCUT2D eigenvalue weighted by Gasteiger charge is 2.21. The van der Waals surface area contributed by atoms with Crippen molar-refractivity contribution in [3.63, 3.8) is 0 Å². The molecule has 0 spiro atoms. The first kappa shape index (κ1) is 14.9. The van der Waals surface area contributed by atoms with Crippen LogP contribution in [0.1, 0.15) is 19.3 Å². The molecule has 1 fully saturated rings. The normalized spacial score (nSPS) is 17.3. The van der Waals surface area contributed by atoms with Crippen molar-refractivity contribution < 1.29 is 19.7 Å². The Morgan fingerprint density at radius 1 is 1.24 bits per heavy atom. The highest BCUT2D eigenvalue weighted by molar-refractivity contribution is 4.72. The second-order valence-corrected chi connectivity index (χ2v) is 4.53. The van der Waals surface area contributed by atoms with Gasteiger partial charge in [0.1, 0.15) is 0 Å². The highest BCUT2D eigenvalue weighted by Crippen LogP contribution is 2.28. The van der Waals surface area contributed by atoms with E-state index < -0.39 is 6.10 Å². The molecule has 0 amide bonds. The van der Waals surface area contributed by atoms with Gasteiger partial charge >= 0.3 is 0 Å². The van der Waals surface area contributed by atoms with Crippen molar-refractivity contribution in [2.45, 2.75) is 25.4 Å². The third-order valence-electron chi connectivity index (χ3n) is 2.62. The molecule has 1 atom stereocenters. The molecule has 1 aliphatic rings. The zero-order valence-corrected chi connectivity index (χ0v) is 10.4. The number of rotatable bonds is 12. The molecule has 0 heterocycles. The van der Waals surface area contributed by atoms with Gasteiger partial charge in [-0.25, -0.2) is 0 Å². The van der Waals surface area contributed by atoms with Crippen molar-refractivity contribution >= 4 is 0 Å². The highest BCUT2D eigenvalue weighted by atomic mass is 16.5. The zero-order valence-electron chi connectivity index (χ0n) is 10.4. The number of hydrogen-bond donors (Lipinski definition) is 3. The van der Waals surface area contributed by atoms with Gasteiger partial charge in [-0.1, -0.05) is 0 Å². The van der Waals surface area contributed by atoms with Crippen LogP contribution < -0.4 is 5.32 Å². The molecule has 17 heavy (non-hydrogen) atoms. The Hall–Kier alpha value is -0.200. The summed E-state index contributed by atoms with van der Waals surface area (Å²) in [5.41, 5.74) is 0. The maximum absolute atomic E-state index is 9.57. The summed E-state index contributed by atoms with van der Waals surface area (Å²) in [7, 11) is 0. The largest absolute Gasteiger partial charge is 0.394 e. The van der Waals surface area contributed by atoms with E-state index in [9.17, 15) is 5.11 Å². The van der Waals surface area contributed by atoms with Crippen LogP contribution in [0.15, 0.2) is 0 Å². The second kappa shape index (κ2) is 9.79. The lowest BCUT2D eigenvalue weighted by Crippen LogP contribution is -2.31. The Morgan fingerprint density at radius 3 is 2.76 bits per heavy atom. The van der Waals surface area contributed by atoms with Crippen LogP contribution in [-0.2, 0) is 9.47 Å². The molecule has 1 rings (SSSR count). The molecule has 0 aromatic heterocycles. The van der Waals surface area contributed by atoms with Crippen molar-refractivity contribution in [3.8, 4) is 0 Å². The van der Waals surface area contributed by atoms with E-state index in [0.717, 1.165) is 25.5 Å². The SMILES string of the molecule is OCCOCCCNCC(O)COCC1CC1.